The number of hydrogen-bond acceptors (Lipinski definition) is 6. The fourth-order valence-corrected chi connectivity index (χ4v) is 2.15. The molecule has 2 N–H and O–H groups in total. The van der Waals surface area contributed by atoms with Crippen molar-refractivity contribution >= 4 is 17.9 Å². The topological polar surface area (TPSA) is 87.1 Å². The van der Waals surface area contributed by atoms with Crippen molar-refractivity contribution in [1.82, 2.24) is 0 Å². The molecular weight excluding hydrogens is 286 g/mol. The molecule has 0 saturated heterocycles. The number of phenols is 2. The summed E-state index contributed by atoms with van der Waals surface area (Å²) in [7, 11) is 3.28. The van der Waals surface area contributed by atoms with Gasteiger partial charge in [0.25, 0.3) is 6.47 Å². The quantitative estimate of drug-likeness (QED) is 0.648. The van der Waals surface area contributed by atoms with E-state index in [1.54, 1.807) is 26.2 Å². The van der Waals surface area contributed by atoms with E-state index in [0.717, 1.165) is 0 Å². The van der Waals surface area contributed by atoms with Crippen LogP contribution in [0.2, 0.25) is 0 Å². The maximum atomic E-state index is 12.6. The van der Waals surface area contributed by atoms with Crippen LogP contribution in [0.25, 0.3) is 0 Å². The highest BCUT2D eigenvalue weighted by Crippen LogP contribution is 2.40. The largest absolute Gasteiger partial charge is 0.507 e. The minimum absolute atomic E-state index is 0.0618. The smallest absolute Gasteiger partial charge is 0.298 e. The second-order valence-electron chi connectivity index (χ2n) is 4.76. The number of anilines is 1. The molecule has 6 nitrogen and oxygen atoms in total. The monoisotopic (exact) mass is 301 g/mol. The molecule has 2 rings (SSSR count). The van der Waals surface area contributed by atoms with E-state index in [2.05, 4.69) is 0 Å². The predicted octanol–water partition coefficient (Wildman–Crippen LogP) is 1.93. The first-order chi connectivity index (χ1) is 10.5. The van der Waals surface area contributed by atoms with Crippen LogP contribution in [0, 0.1) is 0 Å². The van der Waals surface area contributed by atoms with Gasteiger partial charge in [-0.3, -0.25) is 9.59 Å². The van der Waals surface area contributed by atoms with E-state index in [9.17, 15) is 19.8 Å². The maximum Gasteiger partial charge on any atom is 0.298 e. The molecular formula is C16H15NO5. The molecule has 2 aromatic carbocycles. The molecule has 0 amide bonds. The average Bonchev–Trinajstić information content (AvgIpc) is 2.47. The number of ether oxygens (including phenoxy) is 1. The van der Waals surface area contributed by atoms with E-state index >= 15 is 0 Å². The van der Waals surface area contributed by atoms with Crippen LogP contribution in [-0.2, 0) is 4.79 Å². The molecule has 0 radical (unpaired) electrons. The van der Waals surface area contributed by atoms with Crippen molar-refractivity contribution in [1.29, 1.82) is 0 Å². The number of phenolic OH excluding ortho intramolecular Hbond substituents is 2. The highest BCUT2D eigenvalue weighted by Gasteiger charge is 2.23. The molecule has 0 aliphatic carbocycles. The molecule has 0 heterocycles. The van der Waals surface area contributed by atoms with Gasteiger partial charge in [0.1, 0.15) is 17.2 Å². The summed E-state index contributed by atoms with van der Waals surface area (Å²) in [5.74, 6) is -0.883. The lowest BCUT2D eigenvalue weighted by Crippen LogP contribution is -2.14. The normalized spacial score (nSPS) is 10.1. The van der Waals surface area contributed by atoms with Gasteiger partial charge in [0, 0.05) is 14.1 Å². The zero-order valence-electron chi connectivity index (χ0n) is 12.1. The third-order valence-electron chi connectivity index (χ3n) is 3.12. The van der Waals surface area contributed by atoms with Gasteiger partial charge in [0.05, 0.1) is 11.1 Å². The molecule has 0 atom stereocenters. The van der Waals surface area contributed by atoms with Crippen molar-refractivity contribution in [3.63, 3.8) is 0 Å². The van der Waals surface area contributed by atoms with E-state index in [4.69, 9.17) is 4.74 Å². The number of para-hydroxylation sites is 1. The van der Waals surface area contributed by atoms with Gasteiger partial charge in [0.15, 0.2) is 5.75 Å². The van der Waals surface area contributed by atoms with E-state index in [1.807, 2.05) is 0 Å². The van der Waals surface area contributed by atoms with Gasteiger partial charge >= 0.3 is 0 Å². The Hall–Kier alpha value is -3.02. The molecule has 22 heavy (non-hydrogen) atoms. The van der Waals surface area contributed by atoms with Crippen LogP contribution in [-0.4, -0.2) is 36.6 Å². The van der Waals surface area contributed by atoms with Crippen LogP contribution in [0.15, 0.2) is 36.4 Å². The number of rotatable bonds is 5. The Bertz CT molecular complexity index is 724. The van der Waals surface area contributed by atoms with Gasteiger partial charge in [-0.05, 0) is 24.3 Å². The molecule has 0 saturated carbocycles. The van der Waals surface area contributed by atoms with E-state index in [0.29, 0.717) is 0 Å². The molecule has 114 valence electrons. The summed E-state index contributed by atoms with van der Waals surface area (Å²) in [5.41, 5.74) is 0.345. The van der Waals surface area contributed by atoms with Crippen LogP contribution >= 0.6 is 0 Å². The molecule has 0 bridgehead atoms. The molecule has 0 spiro atoms. The molecule has 0 fully saturated rings. The number of nitrogens with zero attached hydrogens (tertiary/aromatic N) is 1. The van der Waals surface area contributed by atoms with E-state index in [-0.39, 0.29) is 40.5 Å². The number of hydrogen-bond donors (Lipinski definition) is 2. The van der Waals surface area contributed by atoms with Crippen LogP contribution in [0.1, 0.15) is 15.9 Å². The Balaban J connectivity index is 2.65. The zero-order valence-corrected chi connectivity index (χ0v) is 12.1. The maximum absolute atomic E-state index is 12.6. The molecule has 2 aromatic rings. The summed E-state index contributed by atoms with van der Waals surface area (Å²) in [5, 5.41) is 19.7. The van der Waals surface area contributed by atoms with Crippen molar-refractivity contribution in [2.24, 2.45) is 0 Å². The summed E-state index contributed by atoms with van der Waals surface area (Å²) in [6, 6.07) is 8.74. The Kier molecular flexibility index (Phi) is 4.31. The number of ketones is 1. The second kappa shape index (κ2) is 6.17. The summed E-state index contributed by atoms with van der Waals surface area (Å²) >= 11 is 0. The predicted molar refractivity (Wildman–Crippen MR) is 80.7 cm³/mol. The Morgan fingerprint density at radius 1 is 1.05 bits per heavy atom. The van der Waals surface area contributed by atoms with Gasteiger partial charge in [0.2, 0.25) is 5.78 Å². The highest BCUT2D eigenvalue weighted by molar-refractivity contribution is 6.13. The third-order valence-corrected chi connectivity index (χ3v) is 3.12. The van der Waals surface area contributed by atoms with Crippen LogP contribution in [0.3, 0.4) is 0 Å². The minimum atomic E-state index is -0.516. The van der Waals surface area contributed by atoms with E-state index in [1.165, 1.54) is 29.2 Å². The Morgan fingerprint density at radius 2 is 1.73 bits per heavy atom. The van der Waals surface area contributed by atoms with Crippen molar-refractivity contribution in [2.75, 3.05) is 19.0 Å². The van der Waals surface area contributed by atoms with Gasteiger partial charge in [-0.25, -0.2) is 0 Å². The Morgan fingerprint density at radius 3 is 2.32 bits per heavy atom. The van der Waals surface area contributed by atoms with Crippen molar-refractivity contribution in [2.45, 2.75) is 0 Å². The fraction of sp³-hybridized carbons (Fsp3) is 0.125. The number of carbonyl (C=O) groups excluding carboxylic acids is 2. The first kappa shape index (κ1) is 15.4. The zero-order chi connectivity index (χ0) is 16.3. The summed E-state index contributed by atoms with van der Waals surface area (Å²) < 4.78 is 4.91. The van der Waals surface area contributed by atoms with Gasteiger partial charge < -0.3 is 19.8 Å². The molecule has 0 aromatic heterocycles. The summed E-state index contributed by atoms with van der Waals surface area (Å²) in [4.78, 5) is 24.9. The fourth-order valence-electron chi connectivity index (χ4n) is 2.15. The summed E-state index contributed by atoms with van der Waals surface area (Å²) in [6.07, 6.45) is 0. The second-order valence-corrected chi connectivity index (χ2v) is 4.76. The lowest BCUT2D eigenvalue weighted by Gasteiger charge is -2.19. The highest BCUT2D eigenvalue weighted by atomic mass is 16.5. The first-order valence-electron chi connectivity index (χ1n) is 6.43. The minimum Gasteiger partial charge on any atom is -0.507 e. The van der Waals surface area contributed by atoms with Crippen LogP contribution in [0.5, 0.6) is 17.2 Å². The standard InChI is InChI=1S/C16H15NO5/c1-17(2)14-13(20)8-7-11(16(14)22-9-18)15(21)10-5-3-4-6-12(10)19/h3-9,19-20H,1-2H3. The van der Waals surface area contributed by atoms with Crippen molar-refractivity contribution in [3.05, 3.63) is 47.5 Å². The van der Waals surface area contributed by atoms with E-state index < -0.39 is 5.78 Å². The molecule has 0 unspecified atom stereocenters. The average molecular weight is 301 g/mol. The SMILES string of the molecule is CN(C)c1c(O)ccc(C(=O)c2ccccc2O)c1OC=O. The summed E-state index contributed by atoms with van der Waals surface area (Å²) in [6.45, 7) is 0.184. The lowest BCUT2D eigenvalue weighted by atomic mass is 10.00. The number of aromatic hydroxyl groups is 2. The third kappa shape index (κ3) is 2.71. The molecule has 6 heteroatoms. The van der Waals surface area contributed by atoms with Crippen LogP contribution < -0.4 is 9.64 Å². The van der Waals surface area contributed by atoms with Gasteiger partial charge in [-0.15, -0.1) is 0 Å². The number of carbonyl (C=O) groups is 2. The molecule has 0 aliphatic heterocycles. The van der Waals surface area contributed by atoms with Gasteiger partial charge in [-0.2, -0.15) is 0 Å². The molecule has 0 aliphatic rings. The first-order valence-corrected chi connectivity index (χ1v) is 6.43. The van der Waals surface area contributed by atoms with Crippen LogP contribution in [0.4, 0.5) is 5.69 Å². The van der Waals surface area contributed by atoms with Gasteiger partial charge in [-0.1, -0.05) is 12.1 Å². The van der Waals surface area contributed by atoms with Crippen molar-refractivity contribution < 1.29 is 24.5 Å². The Labute approximate surface area is 127 Å². The number of benzene rings is 2. The lowest BCUT2D eigenvalue weighted by molar-refractivity contribution is -0.120. The van der Waals surface area contributed by atoms with Crippen molar-refractivity contribution in [3.8, 4) is 17.2 Å².